The molecule has 2 aromatic rings. The van der Waals surface area contributed by atoms with Gasteiger partial charge in [0.15, 0.2) is 5.69 Å². The lowest BCUT2D eigenvalue weighted by molar-refractivity contribution is 0.0689. The molecule has 0 unspecified atom stereocenters. The first kappa shape index (κ1) is 12.4. The number of aromatic carboxylic acids is 1. The van der Waals surface area contributed by atoms with Crippen LogP contribution in [0.25, 0.3) is 0 Å². The summed E-state index contributed by atoms with van der Waals surface area (Å²) in [7, 11) is 0. The number of halogens is 2. The van der Waals surface area contributed by atoms with Crippen LogP contribution in [0.3, 0.4) is 0 Å². The second-order valence-corrected chi connectivity index (χ2v) is 4.09. The third-order valence-electron chi connectivity index (χ3n) is 1.97. The number of rotatable bonds is 3. The van der Waals surface area contributed by atoms with E-state index in [4.69, 9.17) is 9.84 Å². The molecule has 0 spiro atoms. The van der Waals surface area contributed by atoms with Crippen molar-refractivity contribution in [1.29, 1.82) is 0 Å². The van der Waals surface area contributed by atoms with Crippen LogP contribution in [0.4, 0.5) is 4.39 Å². The average molecular weight is 313 g/mol. The highest BCUT2D eigenvalue weighted by molar-refractivity contribution is 9.10. The molecule has 0 aliphatic rings. The van der Waals surface area contributed by atoms with Gasteiger partial charge in [-0.3, -0.25) is 0 Å². The zero-order valence-electron chi connectivity index (χ0n) is 8.80. The summed E-state index contributed by atoms with van der Waals surface area (Å²) in [4.78, 5) is 10.6. The van der Waals surface area contributed by atoms with Crippen LogP contribution >= 0.6 is 15.9 Å². The fourth-order valence-electron chi connectivity index (χ4n) is 1.16. The molecular weight excluding hydrogens is 307 g/mol. The summed E-state index contributed by atoms with van der Waals surface area (Å²) in [5.74, 6) is -1.33. The Balaban J connectivity index is 2.23. The lowest BCUT2D eigenvalue weighted by Crippen LogP contribution is -2.02. The molecule has 5 nitrogen and oxygen atoms in total. The van der Waals surface area contributed by atoms with E-state index in [0.717, 1.165) is 0 Å². The molecular formula is C11H6BrFN2O3. The summed E-state index contributed by atoms with van der Waals surface area (Å²) in [5.41, 5.74) is -0.194. The maximum atomic E-state index is 13.0. The molecule has 1 aromatic carbocycles. The van der Waals surface area contributed by atoms with Gasteiger partial charge in [-0.2, -0.15) is 0 Å². The third-order valence-corrected chi connectivity index (χ3v) is 2.62. The highest BCUT2D eigenvalue weighted by Gasteiger charge is 2.08. The molecule has 0 bridgehead atoms. The molecule has 1 aromatic heterocycles. The zero-order valence-corrected chi connectivity index (χ0v) is 10.4. The number of hydrogen-bond acceptors (Lipinski definition) is 4. The Hall–Kier alpha value is -2.02. The predicted molar refractivity (Wildman–Crippen MR) is 63.2 cm³/mol. The monoisotopic (exact) mass is 312 g/mol. The van der Waals surface area contributed by atoms with Crippen molar-refractivity contribution in [2.75, 3.05) is 0 Å². The number of ether oxygens (including phenoxy) is 1. The van der Waals surface area contributed by atoms with Crippen LogP contribution in [0.5, 0.6) is 11.6 Å². The van der Waals surface area contributed by atoms with Gasteiger partial charge in [0.05, 0.1) is 4.47 Å². The fourth-order valence-corrected chi connectivity index (χ4v) is 1.48. The maximum Gasteiger partial charge on any atom is 0.356 e. The van der Waals surface area contributed by atoms with E-state index in [0.29, 0.717) is 4.47 Å². The molecule has 0 amide bonds. The van der Waals surface area contributed by atoms with Gasteiger partial charge in [0, 0.05) is 12.1 Å². The number of aromatic nitrogens is 2. The van der Waals surface area contributed by atoms with Crippen molar-refractivity contribution in [3.8, 4) is 11.6 Å². The molecule has 7 heteroatoms. The molecule has 1 heterocycles. The molecule has 0 saturated carbocycles. The van der Waals surface area contributed by atoms with Gasteiger partial charge in [-0.15, -0.1) is 10.2 Å². The number of hydrogen-bond donors (Lipinski definition) is 1. The molecule has 2 rings (SSSR count). The van der Waals surface area contributed by atoms with Crippen LogP contribution in [0, 0.1) is 5.82 Å². The Labute approximate surface area is 109 Å². The Morgan fingerprint density at radius 1 is 1.28 bits per heavy atom. The van der Waals surface area contributed by atoms with Crippen molar-refractivity contribution in [2.24, 2.45) is 0 Å². The minimum absolute atomic E-state index is 0.0753. The third kappa shape index (κ3) is 2.80. The van der Waals surface area contributed by atoms with E-state index >= 15 is 0 Å². The van der Waals surface area contributed by atoms with E-state index in [9.17, 15) is 9.18 Å². The van der Waals surface area contributed by atoms with Crippen molar-refractivity contribution < 1.29 is 19.0 Å². The molecule has 18 heavy (non-hydrogen) atoms. The highest BCUT2D eigenvalue weighted by atomic mass is 79.9. The standard InChI is InChI=1S/C11H6BrFN2O3/c12-7-2-1-6(13)5-9(7)18-10-4-3-8(11(16)17)14-15-10/h1-5H,(H,16,17). The molecule has 92 valence electrons. The Kier molecular flexibility index (Phi) is 3.52. The van der Waals surface area contributed by atoms with Gasteiger partial charge < -0.3 is 9.84 Å². The van der Waals surface area contributed by atoms with Crippen LogP contribution in [-0.2, 0) is 0 Å². The van der Waals surface area contributed by atoms with E-state index in [1.807, 2.05) is 0 Å². The van der Waals surface area contributed by atoms with E-state index < -0.39 is 11.8 Å². The van der Waals surface area contributed by atoms with E-state index in [1.165, 1.54) is 30.3 Å². The first-order chi connectivity index (χ1) is 8.56. The molecule has 0 saturated heterocycles. The molecule has 0 radical (unpaired) electrons. The number of carboxylic acids is 1. The van der Waals surface area contributed by atoms with Crippen molar-refractivity contribution in [3.63, 3.8) is 0 Å². The summed E-state index contributed by atoms with van der Waals surface area (Å²) in [6.45, 7) is 0. The first-order valence-corrected chi connectivity index (χ1v) is 5.55. The highest BCUT2D eigenvalue weighted by Crippen LogP contribution is 2.29. The quantitative estimate of drug-likeness (QED) is 0.943. The maximum absolute atomic E-state index is 13.0. The Bertz CT molecular complexity index is 589. The SMILES string of the molecule is O=C(O)c1ccc(Oc2cc(F)ccc2Br)nn1. The molecule has 0 aliphatic carbocycles. The molecule has 0 fully saturated rings. The fraction of sp³-hybridized carbons (Fsp3) is 0. The Morgan fingerprint density at radius 2 is 2.06 bits per heavy atom. The average Bonchev–Trinajstić information content (AvgIpc) is 2.34. The van der Waals surface area contributed by atoms with Gasteiger partial charge in [-0.05, 0) is 34.1 Å². The van der Waals surface area contributed by atoms with Gasteiger partial charge in [-0.25, -0.2) is 9.18 Å². The van der Waals surface area contributed by atoms with Crippen LogP contribution in [0.2, 0.25) is 0 Å². The summed E-state index contributed by atoms with van der Waals surface area (Å²) >= 11 is 3.19. The van der Waals surface area contributed by atoms with E-state index in [2.05, 4.69) is 26.1 Å². The summed E-state index contributed by atoms with van der Waals surface area (Å²) < 4.78 is 18.8. The van der Waals surface area contributed by atoms with Crippen LogP contribution in [-0.4, -0.2) is 21.3 Å². The number of carbonyl (C=O) groups is 1. The van der Waals surface area contributed by atoms with Crippen molar-refractivity contribution in [2.45, 2.75) is 0 Å². The number of benzene rings is 1. The Morgan fingerprint density at radius 3 is 2.67 bits per heavy atom. The van der Waals surface area contributed by atoms with E-state index in [-0.39, 0.29) is 17.3 Å². The summed E-state index contributed by atoms with van der Waals surface area (Å²) in [6, 6.07) is 6.53. The van der Waals surface area contributed by atoms with Crippen molar-refractivity contribution in [3.05, 3.63) is 46.3 Å². The van der Waals surface area contributed by atoms with Crippen LogP contribution < -0.4 is 4.74 Å². The lowest BCUT2D eigenvalue weighted by Gasteiger charge is -2.06. The van der Waals surface area contributed by atoms with Crippen LogP contribution in [0.1, 0.15) is 10.5 Å². The van der Waals surface area contributed by atoms with Gasteiger partial charge in [0.25, 0.3) is 0 Å². The second kappa shape index (κ2) is 5.09. The van der Waals surface area contributed by atoms with Crippen molar-refractivity contribution >= 4 is 21.9 Å². The largest absolute Gasteiger partial charge is 0.476 e. The molecule has 1 N–H and O–H groups in total. The van der Waals surface area contributed by atoms with Crippen molar-refractivity contribution in [1.82, 2.24) is 10.2 Å². The number of carboxylic acid groups (broad SMARTS) is 1. The van der Waals surface area contributed by atoms with Gasteiger partial charge in [0.2, 0.25) is 5.88 Å². The summed E-state index contributed by atoms with van der Waals surface area (Å²) in [5, 5.41) is 15.7. The lowest BCUT2D eigenvalue weighted by atomic mass is 10.3. The first-order valence-electron chi connectivity index (χ1n) is 4.76. The topological polar surface area (TPSA) is 72.3 Å². The van der Waals surface area contributed by atoms with Gasteiger partial charge in [0.1, 0.15) is 11.6 Å². The second-order valence-electron chi connectivity index (χ2n) is 3.24. The predicted octanol–water partition coefficient (Wildman–Crippen LogP) is 2.87. The summed E-state index contributed by atoms with van der Waals surface area (Å²) in [6.07, 6.45) is 0. The molecule has 0 aliphatic heterocycles. The normalized spacial score (nSPS) is 10.1. The smallest absolute Gasteiger partial charge is 0.356 e. The molecule has 0 atom stereocenters. The van der Waals surface area contributed by atoms with Gasteiger partial charge in [-0.1, -0.05) is 0 Å². The minimum Gasteiger partial charge on any atom is -0.476 e. The van der Waals surface area contributed by atoms with E-state index in [1.54, 1.807) is 0 Å². The zero-order chi connectivity index (χ0) is 13.1. The van der Waals surface area contributed by atoms with Crippen LogP contribution in [0.15, 0.2) is 34.8 Å². The number of nitrogens with zero attached hydrogens (tertiary/aromatic N) is 2. The van der Waals surface area contributed by atoms with Gasteiger partial charge >= 0.3 is 5.97 Å². The minimum atomic E-state index is -1.18.